The Balaban J connectivity index is 2.28. The maximum absolute atomic E-state index is 13.7. The quantitative estimate of drug-likeness (QED) is 0.739. The SMILES string of the molecule is Cc1ccc(C(=O)Cc2cccc(Cl)c2Cl)c(F)c1. The van der Waals surface area contributed by atoms with E-state index < -0.39 is 5.82 Å². The predicted molar refractivity (Wildman–Crippen MR) is 75.6 cm³/mol. The number of ketones is 1. The summed E-state index contributed by atoms with van der Waals surface area (Å²) in [5.74, 6) is -0.829. The molecular weight excluding hydrogens is 286 g/mol. The fourth-order valence-electron chi connectivity index (χ4n) is 1.80. The van der Waals surface area contributed by atoms with Crippen LogP contribution in [0.4, 0.5) is 4.39 Å². The van der Waals surface area contributed by atoms with Crippen LogP contribution in [0.2, 0.25) is 10.0 Å². The summed E-state index contributed by atoms with van der Waals surface area (Å²) < 4.78 is 13.7. The van der Waals surface area contributed by atoms with Gasteiger partial charge in [-0.3, -0.25) is 4.79 Å². The van der Waals surface area contributed by atoms with Gasteiger partial charge >= 0.3 is 0 Å². The Kier molecular flexibility index (Phi) is 4.23. The van der Waals surface area contributed by atoms with Crippen LogP contribution in [0.3, 0.4) is 0 Å². The lowest BCUT2D eigenvalue weighted by molar-refractivity contribution is 0.0989. The van der Waals surface area contributed by atoms with Crippen LogP contribution in [-0.2, 0) is 6.42 Å². The van der Waals surface area contributed by atoms with E-state index in [-0.39, 0.29) is 17.8 Å². The van der Waals surface area contributed by atoms with Crippen molar-refractivity contribution in [2.24, 2.45) is 0 Å². The second-order valence-corrected chi connectivity index (χ2v) is 5.08. The van der Waals surface area contributed by atoms with Crippen molar-refractivity contribution in [1.29, 1.82) is 0 Å². The van der Waals surface area contributed by atoms with E-state index in [2.05, 4.69) is 0 Å². The molecule has 2 rings (SSSR count). The van der Waals surface area contributed by atoms with Crippen LogP contribution >= 0.6 is 23.2 Å². The zero-order valence-corrected chi connectivity index (χ0v) is 11.7. The smallest absolute Gasteiger partial charge is 0.170 e. The second-order valence-electron chi connectivity index (χ2n) is 4.30. The molecule has 0 aliphatic rings. The third-order valence-corrected chi connectivity index (χ3v) is 3.67. The molecule has 0 aliphatic carbocycles. The lowest BCUT2D eigenvalue weighted by atomic mass is 10.0. The zero-order valence-electron chi connectivity index (χ0n) is 10.2. The van der Waals surface area contributed by atoms with Gasteiger partial charge < -0.3 is 0 Å². The molecule has 0 saturated carbocycles. The van der Waals surface area contributed by atoms with Crippen LogP contribution < -0.4 is 0 Å². The molecule has 0 spiro atoms. The van der Waals surface area contributed by atoms with Crippen LogP contribution in [0.25, 0.3) is 0 Å². The maximum atomic E-state index is 13.7. The van der Waals surface area contributed by atoms with Gasteiger partial charge in [0, 0.05) is 6.42 Å². The number of Topliss-reactive ketones (excluding diaryl/α,β-unsaturated/α-hetero) is 1. The average molecular weight is 297 g/mol. The van der Waals surface area contributed by atoms with Crippen LogP contribution in [0.5, 0.6) is 0 Å². The number of hydrogen-bond acceptors (Lipinski definition) is 1. The fraction of sp³-hybridized carbons (Fsp3) is 0.133. The minimum Gasteiger partial charge on any atom is -0.294 e. The minimum atomic E-state index is -0.511. The molecule has 1 nitrogen and oxygen atoms in total. The van der Waals surface area contributed by atoms with Gasteiger partial charge in [-0.15, -0.1) is 0 Å². The molecule has 0 radical (unpaired) electrons. The van der Waals surface area contributed by atoms with E-state index in [4.69, 9.17) is 23.2 Å². The van der Waals surface area contributed by atoms with Gasteiger partial charge in [-0.2, -0.15) is 0 Å². The van der Waals surface area contributed by atoms with Gasteiger partial charge in [-0.1, -0.05) is 41.4 Å². The number of benzene rings is 2. The van der Waals surface area contributed by atoms with E-state index in [0.717, 1.165) is 5.56 Å². The van der Waals surface area contributed by atoms with Crippen molar-refractivity contribution in [3.63, 3.8) is 0 Å². The molecule has 19 heavy (non-hydrogen) atoms. The van der Waals surface area contributed by atoms with E-state index in [9.17, 15) is 9.18 Å². The molecule has 0 bridgehead atoms. The summed E-state index contributed by atoms with van der Waals surface area (Å²) in [5, 5.41) is 0.724. The first-order chi connectivity index (χ1) is 8.99. The van der Waals surface area contributed by atoms with Crippen molar-refractivity contribution in [2.45, 2.75) is 13.3 Å². The lowest BCUT2D eigenvalue weighted by Crippen LogP contribution is -2.07. The van der Waals surface area contributed by atoms with E-state index in [1.54, 1.807) is 31.2 Å². The molecular formula is C15H11Cl2FO. The molecule has 0 atom stereocenters. The highest BCUT2D eigenvalue weighted by Crippen LogP contribution is 2.26. The average Bonchev–Trinajstić information content (AvgIpc) is 2.34. The van der Waals surface area contributed by atoms with Crippen LogP contribution in [-0.4, -0.2) is 5.78 Å². The Hall–Kier alpha value is -1.38. The third kappa shape index (κ3) is 3.14. The van der Waals surface area contributed by atoms with Crippen molar-refractivity contribution >= 4 is 29.0 Å². The number of carbonyl (C=O) groups excluding carboxylic acids is 1. The molecule has 0 amide bonds. The van der Waals surface area contributed by atoms with Crippen molar-refractivity contribution < 1.29 is 9.18 Å². The molecule has 4 heteroatoms. The number of carbonyl (C=O) groups is 1. The Labute approximate surface area is 121 Å². The lowest BCUT2D eigenvalue weighted by Gasteiger charge is -2.06. The highest BCUT2D eigenvalue weighted by Gasteiger charge is 2.14. The zero-order chi connectivity index (χ0) is 14.0. The largest absolute Gasteiger partial charge is 0.294 e. The molecule has 0 N–H and O–H groups in total. The molecule has 0 unspecified atom stereocenters. The predicted octanol–water partition coefficient (Wildman–Crippen LogP) is 4.87. The van der Waals surface area contributed by atoms with Gasteiger partial charge in [-0.25, -0.2) is 4.39 Å². The molecule has 0 heterocycles. The van der Waals surface area contributed by atoms with E-state index in [1.165, 1.54) is 12.1 Å². The minimum absolute atomic E-state index is 0.0272. The first kappa shape index (κ1) is 14.0. The molecule has 2 aromatic carbocycles. The Bertz CT molecular complexity index is 638. The summed E-state index contributed by atoms with van der Waals surface area (Å²) in [4.78, 5) is 12.1. The van der Waals surface area contributed by atoms with Crippen molar-refractivity contribution in [3.8, 4) is 0 Å². The Morgan fingerprint density at radius 2 is 1.95 bits per heavy atom. The maximum Gasteiger partial charge on any atom is 0.170 e. The van der Waals surface area contributed by atoms with Gasteiger partial charge in [0.15, 0.2) is 5.78 Å². The van der Waals surface area contributed by atoms with Crippen LogP contribution in [0.15, 0.2) is 36.4 Å². The molecule has 0 aromatic heterocycles. The molecule has 98 valence electrons. The normalized spacial score (nSPS) is 10.5. The third-order valence-electron chi connectivity index (χ3n) is 2.81. The highest BCUT2D eigenvalue weighted by molar-refractivity contribution is 6.42. The summed E-state index contributed by atoms with van der Waals surface area (Å²) in [5.41, 5.74) is 1.44. The fourth-order valence-corrected chi connectivity index (χ4v) is 2.19. The van der Waals surface area contributed by atoms with Gasteiger partial charge in [0.05, 0.1) is 15.6 Å². The summed E-state index contributed by atoms with van der Waals surface area (Å²) in [7, 11) is 0. The molecule has 2 aromatic rings. The van der Waals surface area contributed by atoms with Crippen LogP contribution in [0.1, 0.15) is 21.5 Å². The van der Waals surface area contributed by atoms with Gasteiger partial charge in [0.2, 0.25) is 0 Å². The molecule has 0 fully saturated rings. The van der Waals surface area contributed by atoms with Gasteiger partial charge in [0.25, 0.3) is 0 Å². The second kappa shape index (κ2) is 5.72. The summed E-state index contributed by atoms with van der Waals surface area (Å²) in [6.07, 6.45) is 0.0272. The van der Waals surface area contributed by atoms with E-state index >= 15 is 0 Å². The van der Waals surface area contributed by atoms with Crippen molar-refractivity contribution in [2.75, 3.05) is 0 Å². The van der Waals surface area contributed by atoms with E-state index in [0.29, 0.717) is 15.6 Å². The van der Waals surface area contributed by atoms with Gasteiger partial charge in [0.1, 0.15) is 5.82 Å². The number of aryl methyl sites for hydroxylation is 1. The topological polar surface area (TPSA) is 17.1 Å². The first-order valence-electron chi connectivity index (χ1n) is 5.71. The number of halogens is 3. The Morgan fingerprint density at radius 1 is 1.21 bits per heavy atom. The molecule has 0 aliphatic heterocycles. The number of rotatable bonds is 3. The van der Waals surface area contributed by atoms with Crippen LogP contribution in [0, 0.1) is 12.7 Å². The summed E-state index contributed by atoms with van der Waals surface area (Å²) in [6.45, 7) is 1.77. The number of hydrogen-bond donors (Lipinski definition) is 0. The summed E-state index contributed by atoms with van der Waals surface area (Å²) in [6, 6.07) is 9.60. The monoisotopic (exact) mass is 296 g/mol. The van der Waals surface area contributed by atoms with Crippen molar-refractivity contribution in [3.05, 3.63) is 69.0 Å². The summed E-state index contributed by atoms with van der Waals surface area (Å²) >= 11 is 11.9. The molecule has 0 saturated heterocycles. The van der Waals surface area contributed by atoms with E-state index in [1.807, 2.05) is 0 Å². The standard InChI is InChI=1S/C15H11Cl2FO/c1-9-5-6-11(13(18)7-9)14(19)8-10-3-2-4-12(16)15(10)17/h2-7H,8H2,1H3. The van der Waals surface area contributed by atoms with Gasteiger partial charge in [-0.05, 0) is 36.2 Å². The highest BCUT2D eigenvalue weighted by atomic mass is 35.5. The van der Waals surface area contributed by atoms with Crippen molar-refractivity contribution in [1.82, 2.24) is 0 Å². The first-order valence-corrected chi connectivity index (χ1v) is 6.47. The Morgan fingerprint density at radius 3 is 2.63 bits per heavy atom.